The summed E-state index contributed by atoms with van der Waals surface area (Å²) < 4.78 is 0. The van der Waals surface area contributed by atoms with Crippen molar-refractivity contribution in [3.05, 3.63) is 94.0 Å². The van der Waals surface area contributed by atoms with Gasteiger partial charge in [0.05, 0.1) is 10.6 Å². The van der Waals surface area contributed by atoms with E-state index in [1.54, 1.807) is 30.0 Å². The number of hydrogen-bond donors (Lipinski definition) is 1. The molecule has 1 N–H and O–H groups in total. The molecule has 0 saturated heterocycles. The average molecular weight is 388 g/mol. The maximum Gasteiger partial charge on any atom is 0.257 e. The number of hydrogen-bond acceptors (Lipinski definition) is 2. The summed E-state index contributed by atoms with van der Waals surface area (Å²) in [5.74, 6) is 0.652. The summed E-state index contributed by atoms with van der Waals surface area (Å²) >= 11 is 13.7. The highest BCUT2D eigenvalue weighted by Gasteiger charge is 2.11. The first-order valence-electron chi connectivity index (χ1n) is 7.65. The number of nitrogens with one attached hydrogen (secondary N) is 1. The molecule has 0 heterocycles. The molecule has 3 aromatic rings. The van der Waals surface area contributed by atoms with E-state index in [4.69, 9.17) is 23.2 Å². The second kappa shape index (κ2) is 8.43. The summed E-state index contributed by atoms with van der Waals surface area (Å²) in [6.45, 7) is 0. The monoisotopic (exact) mass is 387 g/mol. The quantitative estimate of drug-likeness (QED) is 0.503. The predicted molar refractivity (Wildman–Crippen MR) is 107 cm³/mol. The van der Waals surface area contributed by atoms with Crippen molar-refractivity contribution < 1.29 is 4.79 Å². The second-order valence-corrected chi connectivity index (χ2v) is 7.27. The maximum absolute atomic E-state index is 12.3. The van der Waals surface area contributed by atoms with Crippen LogP contribution in [-0.4, -0.2) is 5.91 Å². The maximum atomic E-state index is 12.3. The highest BCUT2D eigenvalue weighted by Crippen LogP contribution is 2.25. The van der Waals surface area contributed by atoms with Gasteiger partial charge in [-0.2, -0.15) is 0 Å². The molecule has 0 atom stereocenters. The normalized spacial score (nSPS) is 10.5. The largest absolute Gasteiger partial charge is 0.322 e. The number of rotatable bonds is 5. The Hall–Kier alpha value is -1.94. The number of carbonyl (C=O) groups is 1. The Labute approximate surface area is 161 Å². The third kappa shape index (κ3) is 5.02. The molecule has 0 aliphatic rings. The molecule has 0 fully saturated rings. The number of thioether (sulfide) groups is 1. The van der Waals surface area contributed by atoms with Crippen LogP contribution in [0.4, 0.5) is 5.69 Å². The molecule has 0 radical (unpaired) electrons. The minimum Gasteiger partial charge on any atom is -0.322 e. The molecular formula is C20H15Cl2NOS. The van der Waals surface area contributed by atoms with Crippen molar-refractivity contribution in [2.24, 2.45) is 0 Å². The van der Waals surface area contributed by atoms with Crippen LogP contribution in [0.5, 0.6) is 0 Å². The molecule has 25 heavy (non-hydrogen) atoms. The van der Waals surface area contributed by atoms with Crippen LogP contribution in [0.15, 0.2) is 77.7 Å². The highest BCUT2D eigenvalue weighted by molar-refractivity contribution is 7.98. The van der Waals surface area contributed by atoms with Gasteiger partial charge in [-0.1, -0.05) is 53.5 Å². The molecule has 0 spiro atoms. The van der Waals surface area contributed by atoms with E-state index >= 15 is 0 Å². The first-order chi connectivity index (χ1) is 12.1. The van der Waals surface area contributed by atoms with E-state index in [1.807, 2.05) is 42.5 Å². The number of carbonyl (C=O) groups excluding carboxylic acids is 1. The first-order valence-corrected chi connectivity index (χ1v) is 9.39. The van der Waals surface area contributed by atoms with E-state index < -0.39 is 0 Å². The molecule has 0 bridgehead atoms. The van der Waals surface area contributed by atoms with Gasteiger partial charge in [0.2, 0.25) is 0 Å². The lowest BCUT2D eigenvalue weighted by molar-refractivity contribution is 0.102. The summed E-state index contributed by atoms with van der Waals surface area (Å²) in [7, 11) is 0. The van der Waals surface area contributed by atoms with Gasteiger partial charge in [0.25, 0.3) is 5.91 Å². The van der Waals surface area contributed by atoms with Crippen LogP contribution in [0.1, 0.15) is 15.9 Å². The molecule has 0 unspecified atom stereocenters. The number of anilines is 1. The molecule has 0 saturated carbocycles. The summed E-state index contributed by atoms with van der Waals surface area (Å²) in [6.07, 6.45) is 0. The lowest BCUT2D eigenvalue weighted by Gasteiger charge is -2.08. The Morgan fingerprint density at radius 3 is 2.32 bits per heavy atom. The van der Waals surface area contributed by atoms with Gasteiger partial charge in [0, 0.05) is 21.4 Å². The lowest BCUT2D eigenvalue weighted by Crippen LogP contribution is -2.12. The minimum atomic E-state index is -0.258. The van der Waals surface area contributed by atoms with Crippen molar-refractivity contribution in [1.29, 1.82) is 0 Å². The van der Waals surface area contributed by atoms with E-state index in [0.29, 0.717) is 15.6 Å². The van der Waals surface area contributed by atoms with Crippen molar-refractivity contribution in [3.63, 3.8) is 0 Å². The van der Waals surface area contributed by atoms with Crippen LogP contribution >= 0.6 is 35.0 Å². The van der Waals surface area contributed by atoms with Crippen molar-refractivity contribution in [2.45, 2.75) is 10.6 Å². The zero-order valence-electron chi connectivity index (χ0n) is 13.2. The van der Waals surface area contributed by atoms with Crippen LogP contribution in [0.25, 0.3) is 0 Å². The summed E-state index contributed by atoms with van der Waals surface area (Å²) in [5, 5.41) is 3.68. The smallest absolute Gasteiger partial charge is 0.257 e. The van der Waals surface area contributed by atoms with Crippen LogP contribution in [0.3, 0.4) is 0 Å². The van der Waals surface area contributed by atoms with Gasteiger partial charge in [-0.3, -0.25) is 4.79 Å². The molecule has 0 aliphatic carbocycles. The van der Waals surface area contributed by atoms with Crippen molar-refractivity contribution in [2.75, 3.05) is 5.32 Å². The van der Waals surface area contributed by atoms with Gasteiger partial charge >= 0.3 is 0 Å². The van der Waals surface area contributed by atoms with Gasteiger partial charge in [0.15, 0.2) is 0 Å². The Bertz CT molecular complexity index is 867. The van der Waals surface area contributed by atoms with E-state index in [1.165, 1.54) is 5.56 Å². The Balaban J connectivity index is 1.61. The van der Waals surface area contributed by atoms with E-state index in [9.17, 15) is 4.79 Å². The third-order valence-corrected chi connectivity index (χ3v) is 5.17. The third-order valence-electron chi connectivity index (χ3n) is 3.54. The van der Waals surface area contributed by atoms with Crippen molar-refractivity contribution >= 4 is 46.6 Å². The van der Waals surface area contributed by atoms with Crippen LogP contribution in [0, 0.1) is 0 Å². The Kier molecular flexibility index (Phi) is 6.03. The number of halogens is 2. The standard InChI is InChI=1S/C20H15Cl2NOS/c21-15-6-11-18(19(22)12-15)20(24)23-16-7-9-17(10-8-16)25-13-14-4-2-1-3-5-14/h1-12H,13H2,(H,23,24). The van der Waals surface area contributed by atoms with Crippen LogP contribution in [-0.2, 0) is 5.75 Å². The second-order valence-electron chi connectivity index (χ2n) is 5.38. The molecule has 0 aromatic heterocycles. The van der Waals surface area contributed by atoms with E-state index in [0.717, 1.165) is 16.3 Å². The SMILES string of the molecule is O=C(Nc1ccc(SCc2ccccc2)cc1)c1ccc(Cl)cc1Cl. The van der Waals surface area contributed by atoms with Crippen molar-refractivity contribution in [1.82, 2.24) is 0 Å². The molecule has 2 nitrogen and oxygen atoms in total. The molecule has 1 amide bonds. The number of amides is 1. The summed E-state index contributed by atoms with van der Waals surface area (Å²) in [5.41, 5.74) is 2.40. The zero-order valence-corrected chi connectivity index (χ0v) is 15.5. The van der Waals surface area contributed by atoms with E-state index in [-0.39, 0.29) is 5.91 Å². The molecule has 3 rings (SSSR count). The van der Waals surface area contributed by atoms with Gasteiger partial charge in [0.1, 0.15) is 0 Å². The van der Waals surface area contributed by atoms with Gasteiger partial charge in [-0.05, 0) is 48.0 Å². The van der Waals surface area contributed by atoms with Gasteiger partial charge in [-0.25, -0.2) is 0 Å². The summed E-state index contributed by atoms with van der Waals surface area (Å²) in [4.78, 5) is 13.4. The molecule has 0 aliphatic heterocycles. The first kappa shape index (κ1) is 17.9. The highest BCUT2D eigenvalue weighted by atomic mass is 35.5. The van der Waals surface area contributed by atoms with Crippen molar-refractivity contribution in [3.8, 4) is 0 Å². The fraction of sp³-hybridized carbons (Fsp3) is 0.0500. The van der Waals surface area contributed by atoms with Crippen LogP contribution in [0.2, 0.25) is 10.0 Å². The topological polar surface area (TPSA) is 29.1 Å². The lowest BCUT2D eigenvalue weighted by atomic mass is 10.2. The Morgan fingerprint density at radius 2 is 1.64 bits per heavy atom. The number of benzene rings is 3. The van der Waals surface area contributed by atoms with Crippen LogP contribution < -0.4 is 5.32 Å². The predicted octanol–water partition coefficient (Wildman–Crippen LogP) is 6.54. The van der Waals surface area contributed by atoms with Gasteiger partial charge < -0.3 is 5.32 Å². The molecule has 3 aromatic carbocycles. The fourth-order valence-corrected chi connectivity index (χ4v) is 3.60. The van der Waals surface area contributed by atoms with Gasteiger partial charge in [-0.15, -0.1) is 11.8 Å². The zero-order chi connectivity index (χ0) is 17.6. The van der Waals surface area contributed by atoms with E-state index in [2.05, 4.69) is 17.4 Å². The molecule has 5 heteroatoms. The average Bonchev–Trinajstić information content (AvgIpc) is 2.62. The minimum absolute atomic E-state index is 0.258. The fourth-order valence-electron chi connectivity index (χ4n) is 2.25. The summed E-state index contributed by atoms with van der Waals surface area (Å²) in [6, 6.07) is 22.9. The molecule has 126 valence electrons. The Morgan fingerprint density at radius 1 is 0.920 bits per heavy atom. The molecular weight excluding hydrogens is 373 g/mol.